The quantitative estimate of drug-likeness (QED) is 0.840. The lowest BCUT2D eigenvalue weighted by Gasteiger charge is -2.25. The number of methoxy groups -OCH3 is 1. The molecule has 0 radical (unpaired) electrons. The Morgan fingerprint density at radius 3 is 2.71 bits per heavy atom. The molecule has 2 rings (SSSR count). The normalized spacial score (nSPS) is 12.7. The minimum absolute atomic E-state index is 0.0192. The lowest BCUT2D eigenvalue weighted by molar-refractivity contribution is 0.0893. The second kappa shape index (κ2) is 7.77. The van der Waals surface area contributed by atoms with Crippen LogP contribution in [0.5, 0.6) is 5.75 Å². The smallest absolute Gasteiger partial charge is 0.271 e. The van der Waals surface area contributed by atoms with Gasteiger partial charge in [-0.25, -0.2) is 4.98 Å². The molecule has 1 heterocycles. The van der Waals surface area contributed by atoms with Crippen LogP contribution in [0.3, 0.4) is 0 Å². The fraction of sp³-hybridized carbons (Fsp3) is 0.444. The van der Waals surface area contributed by atoms with E-state index in [1.165, 1.54) is 11.3 Å². The molecule has 1 atom stereocenters. The van der Waals surface area contributed by atoms with Gasteiger partial charge in [-0.15, -0.1) is 11.3 Å². The molecule has 2 aromatic rings. The number of nitrogens with one attached hydrogen (secondary N) is 1. The van der Waals surface area contributed by atoms with E-state index in [0.29, 0.717) is 12.1 Å². The van der Waals surface area contributed by atoms with Crippen LogP contribution < -0.4 is 10.1 Å². The molecule has 24 heavy (non-hydrogen) atoms. The van der Waals surface area contributed by atoms with E-state index in [1.54, 1.807) is 12.5 Å². The van der Waals surface area contributed by atoms with Crippen LogP contribution in [0.4, 0.5) is 0 Å². The summed E-state index contributed by atoms with van der Waals surface area (Å²) in [4.78, 5) is 16.8. The molecule has 0 spiro atoms. The van der Waals surface area contributed by atoms with E-state index < -0.39 is 0 Å². The van der Waals surface area contributed by atoms with Gasteiger partial charge in [0.25, 0.3) is 5.91 Å². The number of rotatable bonds is 6. The molecule has 0 saturated carbocycles. The van der Waals surface area contributed by atoms with E-state index in [9.17, 15) is 9.90 Å². The van der Waals surface area contributed by atoms with E-state index in [4.69, 9.17) is 4.74 Å². The third kappa shape index (κ3) is 4.79. The van der Waals surface area contributed by atoms with E-state index in [-0.39, 0.29) is 24.0 Å². The van der Waals surface area contributed by atoms with Crippen molar-refractivity contribution >= 4 is 17.2 Å². The Hall–Kier alpha value is -1.92. The van der Waals surface area contributed by atoms with Crippen molar-refractivity contribution in [3.63, 3.8) is 0 Å². The zero-order valence-corrected chi connectivity index (χ0v) is 15.3. The summed E-state index contributed by atoms with van der Waals surface area (Å²) >= 11 is 1.39. The van der Waals surface area contributed by atoms with Crippen molar-refractivity contribution in [1.29, 1.82) is 0 Å². The first-order valence-corrected chi connectivity index (χ1v) is 8.72. The summed E-state index contributed by atoms with van der Waals surface area (Å²) in [6.07, 6.45) is 0.693. The highest BCUT2D eigenvalue weighted by atomic mass is 32.1. The second-order valence-electron chi connectivity index (χ2n) is 6.86. The van der Waals surface area contributed by atoms with Gasteiger partial charge in [0.1, 0.15) is 16.5 Å². The van der Waals surface area contributed by atoms with Crippen molar-refractivity contribution < 1.29 is 14.6 Å². The predicted molar refractivity (Wildman–Crippen MR) is 96.5 cm³/mol. The molecule has 2 N–H and O–H groups in total. The van der Waals surface area contributed by atoms with Gasteiger partial charge in [-0.3, -0.25) is 4.79 Å². The first-order chi connectivity index (χ1) is 11.3. The number of thiazole rings is 1. The van der Waals surface area contributed by atoms with Crippen LogP contribution in [0.2, 0.25) is 0 Å². The number of nitrogens with zero attached hydrogens (tertiary/aromatic N) is 1. The summed E-state index contributed by atoms with van der Waals surface area (Å²) in [7, 11) is 1.61. The number of aliphatic hydroxyl groups excluding tert-OH is 1. The Labute approximate surface area is 146 Å². The molecule has 0 aliphatic heterocycles. The Morgan fingerprint density at radius 2 is 2.08 bits per heavy atom. The van der Waals surface area contributed by atoms with Gasteiger partial charge in [0.2, 0.25) is 0 Å². The van der Waals surface area contributed by atoms with Crippen LogP contribution >= 0.6 is 11.3 Å². The molecule has 0 fully saturated rings. The van der Waals surface area contributed by atoms with Gasteiger partial charge in [-0.2, -0.15) is 0 Å². The molecule has 6 heteroatoms. The second-order valence-corrected chi connectivity index (χ2v) is 7.71. The van der Waals surface area contributed by atoms with Gasteiger partial charge in [0.15, 0.2) is 0 Å². The molecule has 0 aliphatic rings. The Bertz CT molecular complexity index is 692. The topological polar surface area (TPSA) is 71.5 Å². The highest BCUT2D eigenvalue weighted by molar-refractivity contribution is 7.13. The Kier molecular flexibility index (Phi) is 5.96. The van der Waals surface area contributed by atoms with Gasteiger partial charge < -0.3 is 15.2 Å². The van der Waals surface area contributed by atoms with Crippen molar-refractivity contribution in [2.75, 3.05) is 13.7 Å². The number of hydrogen-bond donors (Lipinski definition) is 2. The van der Waals surface area contributed by atoms with E-state index in [2.05, 4.69) is 31.1 Å². The number of hydrogen-bond acceptors (Lipinski definition) is 5. The molecule has 1 unspecified atom stereocenters. The van der Waals surface area contributed by atoms with Gasteiger partial charge in [-0.05, 0) is 24.0 Å². The number of amides is 1. The molecule has 0 saturated heterocycles. The van der Waals surface area contributed by atoms with Crippen molar-refractivity contribution in [1.82, 2.24) is 10.3 Å². The van der Waals surface area contributed by atoms with Crippen LogP contribution in [0.25, 0.3) is 10.6 Å². The molecular weight excluding hydrogens is 324 g/mol. The number of benzene rings is 1. The van der Waals surface area contributed by atoms with E-state index in [1.807, 2.05) is 24.3 Å². The summed E-state index contributed by atoms with van der Waals surface area (Å²) in [5.74, 6) is 0.454. The first-order valence-electron chi connectivity index (χ1n) is 7.84. The molecule has 5 nitrogen and oxygen atoms in total. The van der Waals surface area contributed by atoms with Crippen LogP contribution in [-0.2, 0) is 0 Å². The van der Waals surface area contributed by atoms with E-state index >= 15 is 0 Å². The third-order valence-electron chi connectivity index (χ3n) is 3.49. The van der Waals surface area contributed by atoms with Crippen LogP contribution in [0.15, 0.2) is 29.6 Å². The Balaban J connectivity index is 2.13. The largest absolute Gasteiger partial charge is 0.496 e. The number of aromatic nitrogens is 1. The van der Waals surface area contributed by atoms with Crippen molar-refractivity contribution in [2.24, 2.45) is 5.41 Å². The summed E-state index contributed by atoms with van der Waals surface area (Å²) in [6, 6.07) is 7.29. The molecule has 1 amide bonds. The summed E-state index contributed by atoms with van der Waals surface area (Å²) in [6.45, 7) is 6.13. The predicted octanol–water partition coefficient (Wildman–Crippen LogP) is 3.35. The van der Waals surface area contributed by atoms with Crippen molar-refractivity contribution in [2.45, 2.75) is 33.2 Å². The zero-order chi connectivity index (χ0) is 17.7. The lowest BCUT2D eigenvalue weighted by Crippen LogP contribution is -2.40. The monoisotopic (exact) mass is 348 g/mol. The van der Waals surface area contributed by atoms with Crippen LogP contribution in [0, 0.1) is 5.41 Å². The Morgan fingerprint density at radius 1 is 1.38 bits per heavy atom. The summed E-state index contributed by atoms with van der Waals surface area (Å²) in [5.41, 5.74) is 1.23. The minimum Gasteiger partial charge on any atom is -0.496 e. The maximum atomic E-state index is 12.4. The molecule has 130 valence electrons. The van der Waals surface area contributed by atoms with Gasteiger partial charge in [-0.1, -0.05) is 32.9 Å². The molecule has 1 aromatic heterocycles. The number of aliphatic hydroxyl groups is 1. The average molecular weight is 348 g/mol. The number of ether oxygens (including phenoxy) is 1. The SMILES string of the molecule is COc1ccccc1-c1nc(C(=O)NC(CO)CC(C)(C)C)cs1. The highest BCUT2D eigenvalue weighted by Gasteiger charge is 2.22. The summed E-state index contributed by atoms with van der Waals surface area (Å²) < 4.78 is 5.34. The van der Waals surface area contributed by atoms with E-state index in [0.717, 1.165) is 16.3 Å². The van der Waals surface area contributed by atoms with Gasteiger partial charge in [0.05, 0.1) is 25.3 Å². The molecule has 0 aliphatic carbocycles. The summed E-state index contributed by atoms with van der Waals surface area (Å²) in [5, 5.41) is 14.8. The maximum absolute atomic E-state index is 12.4. The maximum Gasteiger partial charge on any atom is 0.271 e. The molecular formula is C18H24N2O3S. The fourth-order valence-corrected chi connectivity index (χ4v) is 3.31. The molecule has 0 bridgehead atoms. The minimum atomic E-state index is -0.283. The lowest BCUT2D eigenvalue weighted by atomic mass is 9.88. The van der Waals surface area contributed by atoms with Crippen LogP contribution in [-0.4, -0.2) is 35.8 Å². The van der Waals surface area contributed by atoms with Gasteiger partial charge in [0, 0.05) is 5.38 Å². The number of carbonyl (C=O) groups excluding carboxylic acids is 1. The third-order valence-corrected chi connectivity index (χ3v) is 4.36. The number of para-hydroxylation sites is 1. The van der Waals surface area contributed by atoms with Gasteiger partial charge >= 0.3 is 0 Å². The number of carbonyl (C=O) groups is 1. The fourth-order valence-electron chi connectivity index (χ4n) is 2.48. The highest BCUT2D eigenvalue weighted by Crippen LogP contribution is 2.31. The van der Waals surface area contributed by atoms with Crippen molar-refractivity contribution in [3.05, 3.63) is 35.3 Å². The van der Waals surface area contributed by atoms with Crippen molar-refractivity contribution in [3.8, 4) is 16.3 Å². The first kappa shape index (κ1) is 18.4. The average Bonchev–Trinajstić information content (AvgIpc) is 3.02. The molecule has 1 aromatic carbocycles. The van der Waals surface area contributed by atoms with Crippen LogP contribution in [0.1, 0.15) is 37.7 Å². The standard InChI is InChI=1S/C18H24N2O3S/c1-18(2,3)9-12(10-21)19-16(22)14-11-24-17(20-14)13-7-5-6-8-15(13)23-4/h5-8,11-12,21H,9-10H2,1-4H3,(H,19,22). The zero-order valence-electron chi connectivity index (χ0n) is 14.5.